The maximum atomic E-state index is 5.52. The standard InChI is InChI=1S/C7H14N2O/c1-5-6-3-8-4-7(6)9(2)10-5/h5-8H,3-4H2,1-2H3. The number of rotatable bonds is 0. The van der Waals surface area contributed by atoms with E-state index in [9.17, 15) is 0 Å². The Bertz CT molecular complexity index is 126. The van der Waals surface area contributed by atoms with Crippen LogP contribution in [0.2, 0.25) is 0 Å². The molecule has 2 aliphatic rings. The fourth-order valence-electron chi connectivity index (χ4n) is 1.98. The van der Waals surface area contributed by atoms with Crippen molar-refractivity contribution in [3.05, 3.63) is 0 Å². The van der Waals surface area contributed by atoms with E-state index in [2.05, 4.69) is 12.2 Å². The van der Waals surface area contributed by atoms with Gasteiger partial charge in [-0.2, -0.15) is 5.06 Å². The molecule has 2 fully saturated rings. The van der Waals surface area contributed by atoms with Gasteiger partial charge in [-0.25, -0.2) is 0 Å². The minimum atomic E-state index is 0.407. The molecule has 3 nitrogen and oxygen atoms in total. The van der Waals surface area contributed by atoms with Crippen molar-refractivity contribution in [1.29, 1.82) is 0 Å². The van der Waals surface area contributed by atoms with Crippen molar-refractivity contribution in [2.45, 2.75) is 19.1 Å². The summed E-state index contributed by atoms with van der Waals surface area (Å²) in [4.78, 5) is 5.52. The lowest BCUT2D eigenvalue weighted by molar-refractivity contribution is -0.139. The van der Waals surface area contributed by atoms with Gasteiger partial charge in [0, 0.05) is 26.1 Å². The molecule has 2 rings (SSSR count). The quantitative estimate of drug-likeness (QED) is 0.508. The van der Waals surface area contributed by atoms with Crippen LogP contribution in [0, 0.1) is 5.92 Å². The van der Waals surface area contributed by atoms with Crippen molar-refractivity contribution in [3.63, 3.8) is 0 Å². The third kappa shape index (κ3) is 0.779. The lowest BCUT2D eigenvalue weighted by Gasteiger charge is -2.13. The maximum Gasteiger partial charge on any atom is 0.0821 e. The topological polar surface area (TPSA) is 24.5 Å². The second kappa shape index (κ2) is 2.19. The molecule has 0 amide bonds. The highest BCUT2D eigenvalue weighted by molar-refractivity contribution is 4.92. The van der Waals surface area contributed by atoms with Gasteiger partial charge >= 0.3 is 0 Å². The van der Waals surface area contributed by atoms with Gasteiger partial charge in [0.25, 0.3) is 0 Å². The van der Waals surface area contributed by atoms with Crippen LogP contribution in [0.15, 0.2) is 0 Å². The molecule has 0 aromatic carbocycles. The molecule has 0 aromatic rings. The largest absolute Gasteiger partial charge is 0.315 e. The number of nitrogens with one attached hydrogen (secondary N) is 1. The third-order valence-electron chi connectivity index (χ3n) is 2.63. The zero-order valence-electron chi connectivity index (χ0n) is 6.50. The molecule has 2 saturated heterocycles. The van der Waals surface area contributed by atoms with E-state index in [-0.39, 0.29) is 0 Å². The van der Waals surface area contributed by atoms with Gasteiger partial charge in [0.1, 0.15) is 0 Å². The lowest BCUT2D eigenvalue weighted by Crippen LogP contribution is -2.29. The van der Waals surface area contributed by atoms with Crippen LogP contribution >= 0.6 is 0 Å². The van der Waals surface area contributed by atoms with Crippen molar-refractivity contribution in [2.24, 2.45) is 5.92 Å². The van der Waals surface area contributed by atoms with Crippen molar-refractivity contribution >= 4 is 0 Å². The van der Waals surface area contributed by atoms with Gasteiger partial charge < -0.3 is 5.32 Å². The monoisotopic (exact) mass is 142 g/mol. The molecule has 0 aliphatic carbocycles. The average Bonchev–Trinajstić information content (AvgIpc) is 2.39. The third-order valence-corrected chi connectivity index (χ3v) is 2.63. The Hall–Kier alpha value is -0.120. The first-order valence-corrected chi connectivity index (χ1v) is 3.89. The number of hydroxylamine groups is 2. The smallest absolute Gasteiger partial charge is 0.0821 e. The predicted molar refractivity (Wildman–Crippen MR) is 38.5 cm³/mol. The molecule has 0 bridgehead atoms. The molecule has 1 N–H and O–H groups in total. The number of nitrogens with zero attached hydrogens (tertiary/aromatic N) is 1. The molecule has 3 atom stereocenters. The van der Waals surface area contributed by atoms with E-state index in [0.29, 0.717) is 18.1 Å². The first-order valence-electron chi connectivity index (χ1n) is 3.89. The lowest BCUT2D eigenvalue weighted by atomic mass is 10.0. The molecule has 2 heterocycles. The molecule has 0 spiro atoms. The number of hydrogen-bond donors (Lipinski definition) is 1. The van der Waals surface area contributed by atoms with Crippen molar-refractivity contribution in [2.75, 3.05) is 20.1 Å². The molecule has 0 saturated carbocycles. The van der Waals surface area contributed by atoms with Crippen molar-refractivity contribution in [1.82, 2.24) is 10.4 Å². The van der Waals surface area contributed by atoms with E-state index in [1.54, 1.807) is 0 Å². The zero-order chi connectivity index (χ0) is 7.14. The Morgan fingerprint density at radius 1 is 1.50 bits per heavy atom. The van der Waals surface area contributed by atoms with Crippen LogP contribution in [-0.2, 0) is 4.84 Å². The van der Waals surface area contributed by atoms with Crippen molar-refractivity contribution in [3.8, 4) is 0 Å². The second-order valence-corrected chi connectivity index (χ2v) is 3.25. The zero-order valence-corrected chi connectivity index (χ0v) is 6.50. The van der Waals surface area contributed by atoms with Gasteiger partial charge in [0.15, 0.2) is 0 Å². The molecule has 3 unspecified atom stereocenters. The van der Waals surface area contributed by atoms with E-state index in [1.807, 2.05) is 12.1 Å². The van der Waals surface area contributed by atoms with Crippen LogP contribution < -0.4 is 5.32 Å². The molecule has 0 radical (unpaired) electrons. The average molecular weight is 142 g/mol. The molecule has 2 aliphatic heterocycles. The second-order valence-electron chi connectivity index (χ2n) is 3.25. The minimum absolute atomic E-state index is 0.407. The summed E-state index contributed by atoms with van der Waals surface area (Å²) in [5, 5.41) is 5.36. The van der Waals surface area contributed by atoms with E-state index in [4.69, 9.17) is 4.84 Å². The molecular formula is C7H14N2O. The number of likely N-dealkylation sites (N-methyl/N-ethyl adjacent to an activating group) is 1. The molecule has 0 aromatic heterocycles. The Morgan fingerprint density at radius 2 is 2.30 bits per heavy atom. The molecule has 10 heavy (non-hydrogen) atoms. The van der Waals surface area contributed by atoms with E-state index in [0.717, 1.165) is 13.1 Å². The summed E-state index contributed by atoms with van der Waals surface area (Å²) < 4.78 is 0. The highest BCUT2D eigenvalue weighted by Crippen LogP contribution is 2.28. The van der Waals surface area contributed by atoms with Crippen LogP contribution in [0.1, 0.15) is 6.92 Å². The van der Waals surface area contributed by atoms with Crippen LogP contribution in [0.5, 0.6) is 0 Å². The maximum absolute atomic E-state index is 5.52. The van der Waals surface area contributed by atoms with Crippen molar-refractivity contribution < 1.29 is 4.84 Å². The van der Waals surface area contributed by atoms with Crippen LogP contribution in [0.3, 0.4) is 0 Å². The highest BCUT2D eigenvalue weighted by atomic mass is 16.7. The highest BCUT2D eigenvalue weighted by Gasteiger charge is 2.41. The summed E-state index contributed by atoms with van der Waals surface area (Å²) in [7, 11) is 2.02. The van der Waals surface area contributed by atoms with Gasteiger partial charge in [-0.3, -0.25) is 4.84 Å². The summed E-state index contributed by atoms with van der Waals surface area (Å²) in [5.41, 5.74) is 0. The Labute approximate surface area is 61.3 Å². The Morgan fingerprint density at radius 3 is 3.00 bits per heavy atom. The summed E-state index contributed by atoms with van der Waals surface area (Å²) in [6.07, 6.45) is 0.407. The van der Waals surface area contributed by atoms with Crippen LogP contribution in [0.4, 0.5) is 0 Å². The van der Waals surface area contributed by atoms with Gasteiger partial charge in [0.2, 0.25) is 0 Å². The first kappa shape index (κ1) is 6.58. The fourth-order valence-corrected chi connectivity index (χ4v) is 1.98. The van der Waals surface area contributed by atoms with E-state index in [1.165, 1.54) is 0 Å². The van der Waals surface area contributed by atoms with Crippen LogP contribution in [-0.4, -0.2) is 37.3 Å². The summed E-state index contributed by atoms with van der Waals surface area (Å²) in [5.74, 6) is 0.713. The normalized spacial score (nSPS) is 48.0. The summed E-state index contributed by atoms with van der Waals surface area (Å²) in [6, 6.07) is 0.620. The van der Waals surface area contributed by atoms with Gasteiger partial charge in [-0.15, -0.1) is 0 Å². The summed E-state index contributed by atoms with van der Waals surface area (Å²) >= 11 is 0. The van der Waals surface area contributed by atoms with Gasteiger partial charge in [-0.05, 0) is 6.92 Å². The molecule has 3 heteroatoms. The minimum Gasteiger partial charge on any atom is -0.315 e. The Kier molecular flexibility index (Phi) is 1.44. The molecule has 58 valence electrons. The fraction of sp³-hybridized carbons (Fsp3) is 1.00. The van der Waals surface area contributed by atoms with Gasteiger partial charge in [0.05, 0.1) is 12.1 Å². The Balaban J connectivity index is 2.11. The van der Waals surface area contributed by atoms with E-state index >= 15 is 0 Å². The number of fused-ring (bicyclic) bond motifs is 1. The predicted octanol–water partition coefficient (Wildman–Crippen LogP) is -0.160. The first-order chi connectivity index (χ1) is 4.79. The molecular weight excluding hydrogens is 128 g/mol. The van der Waals surface area contributed by atoms with E-state index < -0.39 is 0 Å². The summed E-state index contributed by atoms with van der Waals surface area (Å²) in [6.45, 7) is 4.36. The SMILES string of the molecule is CC1ON(C)C2CNCC12. The number of hydrogen-bond acceptors (Lipinski definition) is 3. The van der Waals surface area contributed by atoms with Gasteiger partial charge in [-0.1, -0.05) is 0 Å². The van der Waals surface area contributed by atoms with Crippen LogP contribution in [0.25, 0.3) is 0 Å².